The van der Waals surface area contributed by atoms with Crippen molar-refractivity contribution in [2.45, 2.75) is 6.92 Å². The number of carbonyl (C=O) groups excluding carboxylic acids is 2. The Morgan fingerprint density at radius 2 is 0.906 bits per heavy atom. The van der Waals surface area contributed by atoms with Crippen LogP contribution < -0.4 is 21.0 Å². The lowest BCUT2D eigenvalue weighted by atomic mass is 10.2. The number of hydrogen-bond acceptors (Lipinski definition) is 3. The Labute approximate surface area is 189 Å². The molecule has 32 heavy (non-hydrogen) atoms. The van der Waals surface area contributed by atoms with Gasteiger partial charge in [0.2, 0.25) is 0 Å². The maximum absolute atomic E-state index is 12.2. The van der Waals surface area contributed by atoms with Crippen molar-refractivity contribution in [1.82, 2.24) is 0 Å². The van der Waals surface area contributed by atoms with Crippen LogP contribution >= 0.6 is 7.26 Å². The van der Waals surface area contributed by atoms with E-state index in [2.05, 4.69) is 72.8 Å². The molecule has 0 fully saturated rings. The molecule has 4 aromatic rings. The molecule has 0 saturated carbocycles. The molecule has 4 rings (SSSR count). The molecule has 0 aromatic heterocycles. The van der Waals surface area contributed by atoms with Crippen LogP contribution in [0.2, 0.25) is 0 Å². The summed E-state index contributed by atoms with van der Waals surface area (Å²) >= 11 is 0. The van der Waals surface area contributed by atoms with Crippen molar-refractivity contribution < 1.29 is 14.7 Å². The lowest BCUT2D eigenvalue weighted by Crippen LogP contribution is -2.35. The molecule has 0 aliphatic rings. The van der Waals surface area contributed by atoms with E-state index < -0.39 is 13.2 Å². The van der Waals surface area contributed by atoms with Crippen LogP contribution in [-0.2, 0) is 4.79 Å². The average Bonchev–Trinajstić information content (AvgIpc) is 2.85. The fraction of sp³-hybridized carbons (Fsp3) is 0.0714. The smallest absolute Gasteiger partial charge is 0.168 e. The summed E-state index contributed by atoms with van der Waals surface area (Å²) in [5, 5.41) is 13.9. The Kier molecular flexibility index (Phi) is 8.08. The topological polar surface area (TPSA) is 57.2 Å². The highest BCUT2D eigenvalue weighted by atomic mass is 31.2. The molecule has 3 nitrogen and oxygen atoms in total. The van der Waals surface area contributed by atoms with E-state index in [0.717, 1.165) is 0 Å². The van der Waals surface area contributed by atoms with Gasteiger partial charge in [-0.15, -0.1) is 0 Å². The maximum atomic E-state index is 12.2. The molecule has 0 unspecified atom stereocenters. The van der Waals surface area contributed by atoms with Crippen LogP contribution in [0.3, 0.4) is 0 Å². The second-order valence-electron chi connectivity index (χ2n) is 7.33. The van der Waals surface area contributed by atoms with Crippen LogP contribution in [0.1, 0.15) is 17.3 Å². The fourth-order valence-corrected chi connectivity index (χ4v) is 7.83. The van der Waals surface area contributed by atoms with E-state index in [-0.39, 0.29) is 11.3 Å². The molecule has 4 heteroatoms. The highest BCUT2D eigenvalue weighted by molar-refractivity contribution is 7.96. The third kappa shape index (κ3) is 5.57. The van der Waals surface area contributed by atoms with E-state index in [1.165, 1.54) is 28.0 Å². The summed E-state index contributed by atoms with van der Waals surface area (Å²) in [6.45, 7) is 1.70. The van der Waals surface area contributed by atoms with Crippen LogP contribution in [0.15, 0.2) is 121 Å². The minimum Gasteiger partial charge on any atom is -0.545 e. The Morgan fingerprint density at radius 1 is 0.594 bits per heavy atom. The molecule has 0 heterocycles. The first-order valence-electron chi connectivity index (χ1n) is 10.3. The lowest BCUT2D eigenvalue weighted by molar-refractivity contribution is -0.255. The summed E-state index contributed by atoms with van der Waals surface area (Å²) in [4.78, 5) is 22.3. The van der Waals surface area contributed by atoms with Gasteiger partial charge >= 0.3 is 0 Å². The van der Waals surface area contributed by atoms with Crippen LogP contribution in [0.25, 0.3) is 0 Å². The summed E-state index contributed by atoms with van der Waals surface area (Å²) in [6.07, 6.45) is 0.561. The maximum Gasteiger partial charge on any atom is 0.168 e. The Balaban J connectivity index is 0.000000269. The fourth-order valence-electron chi connectivity index (χ4n) is 3.68. The lowest BCUT2D eigenvalue weighted by Gasteiger charge is -2.26. The Bertz CT molecular complexity index is 1030. The largest absolute Gasteiger partial charge is 0.545 e. The van der Waals surface area contributed by atoms with Gasteiger partial charge in [-0.1, -0.05) is 84.9 Å². The zero-order valence-electron chi connectivity index (χ0n) is 17.9. The summed E-state index contributed by atoms with van der Waals surface area (Å²) in [7, 11) is -1.96. The number of rotatable bonds is 6. The Hall–Kier alpha value is -3.55. The average molecular weight is 440 g/mol. The first-order valence-corrected chi connectivity index (χ1v) is 12.3. The van der Waals surface area contributed by atoms with Crippen LogP contribution in [0, 0.1) is 0 Å². The molecule has 0 bridgehead atoms. The number of carbonyl (C=O) groups is 2. The zero-order chi connectivity index (χ0) is 22.8. The monoisotopic (exact) mass is 440 g/mol. The second-order valence-corrected chi connectivity index (χ2v) is 10.8. The third-order valence-electron chi connectivity index (χ3n) is 5.06. The number of carboxylic acids is 1. The molecular formula is C28H25O3P. The predicted molar refractivity (Wildman–Crippen MR) is 131 cm³/mol. The summed E-state index contributed by atoms with van der Waals surface area (Å²) < 4.78 is 0. The molecule has 0 aliphatic carbocycles. The zero-order valence-corrected chi connectivity index (χ0v) is 18.8. The van der Waals surface area contributed by atoms with Gasteiger partial charge in [0.25, 0.3) is 0 Å². The third-order valence-corrected chi connectivity index (χ3v) is 9.52. The number of Topliss-reactive ketones (excluding diaryl/α,β-unsaturated/α-hetero) is 1. The normalized spacial score (nSPS) is 10.5. The van der Waals surface area contributed by atoms with Crippen molar-refractivity contribution in [1.29, 1.82) is 0 Å². The van der Waals surface area contributed by atoms with Crippen molar-refractivity contribution in [3.63, 3.8) is 0 Å². The van der Waals surface area contributed by atoms with E-state index in [4.69, 9.17) is 0 Å². The molecule has 4 aromatic carbocycles. The minimum atomic E-state index is -1.96. The molecule has 0 radical (unpaired) electrons. The van der Waals surface area contributed by atoms with Gasteiger partial charge in [0.05, 0.1) is 5.97 Å². The number of carboxylic acid groups (broad SMARTS) is 1. The molecular weight excluding hydrogens is 415 g/mol. The number of ketones is 1. The molecule has 0 spiro atoms. The molecule has 0 saturated heterocycles. The van der Waals surface area contributed by atoms with Crippen molar-refractivity contribution in [3.05, 3.63) is 127 Å². The summed E-state index contributed by atoms with van der Waals surface area (Å²) in [5.74, 6) is -0.898. The summed E-state index contributed by atoms with van der Waals surface area (Å²) in [5.41, 5.74) is 0.220. The first kappa shape index (κ1) is 23.1. The standard InChI is InChI=1S/C21H20OP.C7H6O2/c1-18(22)17-23(19-11-5-2-6-12-19,20-13-7-3-8-14-20)21-15-9-4-10-16-21;8-7(9)6-4-2-1-3-5-6/h2-16H,17H2,1H3;1-5H,(H,8,9)/q+1;/p-1. The van der Waals surface area contributed by atoms with Gasteiger partial charge in [-0.25, -0.2) is 0 Å². The van der Waals surface area contributed by atoms with Crippen LogP contribution in [-0.4, -0.2) is 17.9 Å². The van der Waals surface area contributed by atoms with E-state index in [1.54, 1.807) is 25.1 Å². The quantitative estimate of drug-likeness (QED) is 0.431. The van der Waals surface area contributed by atoms with Crippen LogP contribution in [0.5, 0.6) is 0 Å². The molecule has 0 aliphatic heterocycles. The van der Waals surface area contributed by atoms with Crippen molar-refractivity contribution in [2.75, 3.05) is 6.16 Å². The first-order chi connectivity index (χ1) is 15.5. The number of benzene rings is 4. The second kappa shape index (κ2) is 11.2. The number of aromatic carboxylic acids is 1. The Morgan fingerprint density at radius 3 is 1.16 bits per heavy atom. The molecule has 0 atom stereocenters. The van der Waals surface area contributed by atoms with Gasteiger partial charge in [-0.2, -0.15) is 0 Å². The van der Waals surface area contributed by atoms with Gasteiger partial charge in [0.1, 0.15) is 29.3 Å². The van der Waals surface area contributed by atoms with Gasteiger partial charge in [-0.3, -0.25) is 4.79 Å². The van der Waals surface area contributed by atoms with Gasteiger partial charge in [0, 0.05) is 0 Å². The molecule has 0 amide bonds. The predicted octanol–water partition coefficient (Wildman–Crippen LogP) is 3.62. The van der Waals surface area contributed by atoms with E-state index >= 15 is 0 Å². The van der Waals surface area contributed by atoms with Crippen LogP contribution in [0.4, 0.5) is 0 Å². The van der Waals surface area contributed by atoms with Gasteiger partial charge in [-0.05, 0) is 48.9 Å². The van der Waals surface area contributed by atoms with Crippen molar-refractivity contribution in [3.8, 4) is 0 Å². The molecule has 0 N–H and O–H groups in total. The highest BCUT2D eigenvalue weighted by Gasteiger charge is 2.46. The van der Waals surface area contributed by atoms with Gasteiger partial charge < -0.3 is 9.90 Å². The van der Waals surface area contributed by atoms with E-state index in [0.29, 0.717) is 6.16 Å². The van der Waals surface area contributed by atoms with Gasteiger partial charge in [0.15, 0.2) is 5.78 Å². The van der Waals surface area contributed by atoms with E-state index in [9.17, 15) is 14.7 Å². The SMILES string of the molecule is CC(=O)C[P+](c1ccccc1)(c1ccccc1)c1ccccc1.O=C([O-])c1ccccc1. The molecule has 160 valence electrons. The van der Waals surface area contributed by atoms with Crippen molar-refractivity contribution >= 4 is 34.9 Å². The van der Waals surface area contributed by atoms with E-state index in [1.807, 2.05) is 18.2 Å². The van der Waals surface area contributed by atoms with Crippen molar-refractivity contribution in [2.24, 2.45) is 0 Å². The minimum absolute atomic E-state index is 0.220. The number of hydrogen-bond donors (Lipinski definition) is 0. The summed E-state index contributed by atoms with van der Waals surface area (Å²) in [6, 6.07) is 39.5. The highest BCUT2D eigenvalue weighted by Crippen LogP contribution is 2.55.